The lowest BCUT2D eigenvalue weighted by molar-refractivity contribution is -0.133. The number of carboxylic acids is 2. The van der Waals surface area contributed by atoms with Gasteiger partial charge in [0, 0.05) is 11.6 Å². The van der Waals surface area contributed by atoms with Crippen molar-refractivity contribution < 1.29 is 30.0 Å². The first kappa shape index (κ1) is 23.1. The average molecular weight is 345 g/mol. The van der Waals surface area contributed by atoms with E-state index in [1.165, 1.54) is 13.8 Å². The summed E-state index contributed by atoms with van der Waals surface area (Å²) in [6.45, 7) is 6.02. The lowest BCUT2D eigenvalue weighted by Gasteiger charge is -2.01. The van der Waals surface area contributed by atoms with Crippen LogP contribution in [-0.2, 0) is 9.59 Å². The Morgan fingerprint density at radius 1 is 1.17 bits per heavy atom. The van der Waals surface area contributed by atoms with Crippen molar-refractivity contribution in [3.63, 3.8) is 0 Å². The van der Waals surface area contributed by atoms with Crippen molar-refractivity contribution in [3.8, 4) is 0 Å². The van der Waals surface area contributed by atoms with Crippen molar-refractivity contribution in [2.45, 2.75) is 25.5 Å². The molecule has 0 bridgehead atoms. The van der Waals surface area contributed by atoms with Gasteiger partial charge in [-0.3, -0.25) is 0 Å². The van der Waals surface area contributed by atoms with Crippen molar-refractivity contribution in [2.24, 2.45) is 0 Å². The predicted molar refractivity (Wildman–Crippen MR) is 89.1 cm³/mol. The summed E-state index contributed by atoms with van der Waals surface area (Å²) in [6.07, 6.45) is 1.85. The second kappa shape index (κ2) is 13.5. The van der Waals surface area contributed by atoms with Gasteiger partial charge in [0.05, 0.1) is 6.10 Å². The molecule has 0 aromatic heterocycles. The summed E-state index contributed by atoms with van der Waals surface area (Å²) in [4.78, 5) is 19.7. The minimum atomic E-state index is -1.12. The van der Waals surface area contributed by atoms with Crippen LogP contribution in [-0.4, -0.2) is 44.0 Å². The van der Waals surface area contributed by atoms with Crippen LogP contribution in [0.1, 0.15) is 19.4 Å². The number of benzene rings is 1. The Hall–Kier alpha value is -2.15. The van der Waals surface area contributed by atoms with E-state index in [1.54, 1.807) is 6.08 Å². The van der Waals surface area contributed by atoms with Crippen LogP contribution < -0.4 is 0 Å². The van der Waals surface area contributed by atoms with Crippen molar-refractivity contribution >= 4 is 29.6 Å². The van der Waals surface area contributed by atoms with Gasteiger partial charge in [-0.1, -0.05) is 48.5 Å². The van der Waals surface area contributed by atoms with Crippen LogP contribution >= 0.6 is 11.6 Å². The van der Waals surface area contributed by atoms with E-state index in [0.717, 1.165) is 11.6 Å². The summed E-state index contributed by atoms with van der Waals surface area (Å²) in [7, 11) is 0. The van der Waals surface area contributed by atoms with Gasteiger partial charge in [0.25, 0.3) is 0 Å². The van der Waals surface area contributed by atoms with Gasteiger partial charge in [-0.15, -0.1) is 0 Å². The predicted octanol–water partition coefficient (Wildman–Crippen LogP) is 2.36. The molecule has 0 spiro atoms. The highest BCUT2D eigenvalue weighted by molar-refractivity contribution is 6.19. The summed E-state index contributed by atoms with van der Waals surface area (Å²) in [5.74, 6) is -1.86. The number of aliphatic hydroxyl groups excluding tert-OH is 2. The van der Waals surface area contributed by atoms with E-state index in [1.807, 2.05) is 30.3 Å². The SMILES string of the molecule is C=C(C)C(=O)O.CC(O)C(O)Cl.O=C(O)C=Cc1ccccc1. The molecule has 128 valence electrons. The summed E-state index contributed by atoms with van der Waals surface area (Å²) < 4.78 is 0. The summed E-state index contributed by atoms with van der Waals surface area (Å²) in [5.41, 5.74) is -0.0464. The van der Waals surface area contributed by atoms with E-state index in [-0.39, 0.29) is 5.57 Å². The van der Waals surface area contributed by atoms with Gasteiger partial charge in [-0.05, 0) is 25.5 Å². The Morgan fingerprint density at radius 2 is 1.57 bits per heavy atom. The number of aliphatic hydroxyl groups is 2. The third-order valence-electron chi connectivity index (χ3n) is 1.98. The minimum Gasteiger partial charge on any atom is -0.478 e. The van der Waals surface area contributed by atoms with Gasteiger partial charge in [-0.25, -0.2) is 9.59 Å². The number of hydrogen-bond donors (Lipinski definition) is 4. The number of carboxylic acid groups (broad SMARTS) is 2. The molecule has 0 aliphatic carbocycles. The molecule has 7 heteroatoms. The lowest BCUT2D eigenvalue weighted by Crippen LogP contribution is -2.14. The largest absolute Gasteiger partial charge is 0.478 e. The fourth-order valence-electron chi connectivity index (χ4n) is 0.732. The summed E-state index contributed by atoms with van der Waals surface area (Å²) in [6, 6.07) is 9.31. The molecule has 0 saturated heterocycles. The first-order valence-electron chi connectivity index (χ1n) is 6.43. The van der Waals surface area contributed by atoms with Crippen LogP contribution in [0, 0.1) is 0 Å². The maximum Gasteiger partial charge on any atom is 0.330 e. The van der Waals surface area contributed by atoms with Crippen molar-refractivity contribution in [1.82, 2.24) is 0 Å². The van der Waals surface area contributed by atoms with E-state index >= 15 is 0 Å². The zero-order valence-corrected chi connectivity index (χ0v) is 13.6. The van der Waals surface area contributed by atoms with Gasteiger partial charge >= 0.3 is 11.9 Å². The molecule has 4 N–H and O–H groups in total. The highest BCUT2D eigenvalue weighted by Gasteiger charge is 2.02. The number of hydrogen-bond acceptors (Lipinski definition) is 4. The van der Waals surface area contributed by atoms with Gasteiger partial charge in [-0.2, -0.15) is 0 Å². The standard InChI is InChI=1S/C9H8O2.C4H6O2.C3H7ClO2/c10-9(11)7-6-8-4-2-1-3-5-8;1-3(2)4(5)6;1-2(5)3(4)6/h1-7H,(H,10,11);1H2,2H3,(H,5,6);2-3,5-6H,1H3. The van der Waals surface area contributed by atoms with Gasteiger partial charge in [0.1, 0.15) is 0 Å². The third-order valence-corrected chi connectivity index (χ3v) is 2.35. The van der Waals surface area contributed by atoms with E-state index in [4.69, 9.17) is 32.0 Å². The molecular formula is C16H21ClO6. The van der Waals surface area contributed by atoms with Gasteiger partial charge < -0.3 is 20.4 Å². The fraction of sp³-hybridized carbons (Fsp3) is 0.250. The van der Waals surface area contributed by atoms with Crippen LogP contribution in [0.15, 0.2) is 48.6 Å². The molecule has 1 rings (SSSR count). The second-order valence-corrected chi connectivity index (χ2v) is 4.73. The lowest BCUT2D eigenvalue weighted by atomic mass is 10.2. The zero-order valence-electron chi connectivity index (χ0n) is 12.9. The Morgan fingerprint density at radius 3 is 1.83 bits per heavy atom. The maximum atomic E-state index is 10.1. The smallest absolute Gasteiger partial charge is 0.330 e. The molecule has 0 amide bonds. The molecular weight excluding hydrogens is 324 g/mol. The topological polar surface area (TPSA) is 115 Å². The Balaban J connectivity index is 0. The minimum absolute atomic E-state index is 0.176. The number of carbonyl (C=O) groups is 2. The van der Waals surface area contributed by atoms with E-state index in [9.17, 15) is 9.59 Å². The molecule has 0 saturated carbocycles. The Bertz CT molecular complexity index is 491. The van der Waals surface area contributed by atoms with Gasteiger partial charge in [0.15, 0.2) is 5.56 Å². The molecule has 0 aliphatic heterocycles. The number of alkyl halides is 1. The van der Waals surface area contributed by atoms with Crippen LogP contribution in [0.5, 0.6) is 0 Å². The van der Waals surface area contributed by atoms with Crippen LogP contribution in [0.25, 0.3) is 6.08 Å². The molecule has 0 fully saturated rings. The first-order chi connectivity index (χ1) is 10.6. The second-order valence-electron chi connectivity index (χ2n) is 4.28. The fourth-order valence-corrected chi connectivity index (χ4v) is 0.732. The van der Waals surface area contributed by atoms with E-state index in [0.29, 0.717) is 0 Å². The number of rotatable bonds is 4. The molecule has 0 radical (unpaired) electrons. The molecule has 2 atom stereocenters. The van der Waals surface area contributed by atoms with Crippen LogP contribution in [0.4, 0.5) is 0 Å². The monoisotopic (exact) mass is 344 g/mol. The van der Waals surface area contributed by atoms with E-state index < -0.39 is 23.6 Å². The summed E-state index contributed by atoms with van der Waals surface area (Å²) >= 11 is 4.92. The quantitative estimate of drug-likeness (QED) is 0.492. The van der Waals surface area contributed by atoms with Crippen LogP contribution in [0.2, 0.25) is 0 Å². The molecule has 1 aromatic rings. The average Bonchev–Trinajstić information content (AvgIpc) is 2.47. The van der Waals surface area contributed by atoms with Crippen molar-refractivity contribution in [1.29, 1.82) is 0 Å². The van der Waals surface area contributed by atoms with Crippen molar-refractivity contribution in [3.05, 3.63) is 54.1 Å². The van der Waals surface area contributed by atoms with Crippen LogP contribution in [0.3, 0.4) is 0 Å². The number of halogens is 1. The molecule has 0 heterocycles. The number of aliphatic carboxylic acids is 2. The molecule has 0 aliphatic rings. The third kappa shape index (κ3) is 17.8. The first-order valence-corrected chi connectivity index (χ1v) is 6.86. The Labute approximate surface area is 140 Å². The molecule has 1 aromatic carbocycles. The molecule has 6 nitrogen and oxygen atoms in total. The maximum absolute atomic E-state index is 10.1. The highest BCUT2D eigenvalue weighted by Crippen LogP contribution is 1.99. The van der Waals surface area contributed by atoms with Crippen molar-refractivity contribution in [2.75, 3.05) is 0 Å². The highest BCUT2D eigenvalue weighted by atomic mass is 35.5. The van der Waals surface area contributed by atoms with Gasteiger partial charge in [0.2, 0.25) is 0 Å². The molecule has 23 heavy (non-hydrogen) atoms. The summed E-state index contributed by atoms with van der Waals surface area (Å²) in [5, 5.41) is 32.6. The normalized spacial score (nSPS) is 12.0. The zero-order chi connectivity index (χ0) is 18.4. The molecule has 2 unspecified atom stereocenters. The Kier molecular flexibility index (Phi) is 13.6. The van der Waals surface area contributed by atoms with E-state index in [2.05, 4.69) is 6.58 Å².